The van der Waals surface area contributed by atoms with E-state index in [9.17, 15) is 0 Å². The second-order valence-electron chi connectivity index (χ2n) is 7.35. The number of hydrogen-bond acceptors (Lipinski definition) is 5. The Morgan fingerprint density at radius 2 is 1.42 bits per heavy atom. The molecule has 2 aromatic heterocycles. The fraction of sp³-hybridized carbons (Fsp3) is 0.750. The van der Waals surface area contributed by atoms with Crippen LogP contribution in [0.2, 0.25) is 0 Å². The van der Waals surface area contributed by atoms with Crippen LogP contribution in [0.25, 0.3) is 11.2 Å². The number of imidazole rings is 1. The quantitative estimate of drug-likeness (QED) is 0.475. The molecule has 0 aromatic carbocycles. The van der Waals surface area contributed by atoms with E-state index >= 15 is 0 Å². The van der Waals surface area contributed by atoms with Gasteiger partial charge in [0.15, 0.2) is 11.5 Å². The van der Waals surface area contributed by atoms with E-state index in [1.54, 1.807) is 0 Å². The topological polar surface area (TPSA) is 95.6 Å². The monoisotopic (exact) mass is 360 g/mol. The lowest BCUT2D eigenvalue weighted by Crippen LogP contribution is -2.10. The van der Waals surface area contributed by atoms with Crippen LogP contribution >= 0.6 is 0 Å². The van der Waals surface area contributed by atoms with Gasteiger partial charge in [-0.05, 0) is 12.8 Å². The zero-order valence-corrected chi connectivity index (χ0v) is 16.6. The molecule has 0 radical (unpaired) electrons. The Balaban J connectivity index is 2.06. The van der Waals surface area contributed by atoms with E-state index in [1.165, 1.54) is 64.2 Å². The summed E-state index contributed by atoms with van der Waals surface area (Å²) in [6, 6.07) is 0.414. The molecular weight excluding hydrogens is 324 g/mol. The summed E-state index contributed by atoms with van der Waals surface area (Å²) in [4.78, 5) is 12.9. The van der Waals surface area contributed by atoms with Gasteiger partial charge in [0.25, 0.3) is 0 Å². The number of fused-ring (bicyclic) bond motifs is 1. The standard InChI is InChI=1S/C20H36N6/c1-3-5-7-9-11-13-16(14-12-10-8-6-4-2)26-15-23-17-18(21)24-20(22)25-19(17)26/h15-16H,3-14H2,1-2H3,(H4,21,22,24,25). The number of nitrogens with two attached hydrogens (primary N) is 2. The zero-order valence-electron chi connectivity index (χ0n) is 16.6. The molecule has 2 aromatic rings. The van der Waals surface area contributed by atoms with Gasteiger partial charge in [-0.2, -0.15) is 9.97 Å². The van der Waals surface area contributed by atoms with Gasteiger partial charge in [-0.25, -0.2) is 4.98 Å². The van der Waals surface area contributed by atoms with Crippen LogP contribution in [0.1, 0.15) is 96.9 Å². The Hall–Kier alpha value is -1.85. The number of rotatable bonds is 13. The van der Waals surface area contributed by atoms with Crippen LogP contribution in [0.5, 0.6) is 0 Å². The van der Waals surface area contributed by atoms with Gasteiger partial charge in [0.2, 0.25) is 5.95 Å². The molecule has 0 aliphatic carbocycles. The fourth-order valence-corrected chi connectivity index (χ4v) is 3.61. The first-order chi connectivity index (χ1) is 12.7. The summed E-state index contributed by atoms with van der Waals surface area (Å²) in [6.45, 7) is 4.51. The van der Waals surface area contributed by atoms with Gasteiger partial charge in [0.1, 0.15) is 5.52 Å². The van der Waals surface area contributed by atoms with E-state index in [2.05, 4.69) is 33.4 Å². The summed E-state index contributed by atoms with van der Waals surface area (Å²) in [5, 5.41) is 0. The molecule has 6 nitrogen and oxygen atoms in total. The molecule has 0 spiro atoms. The van der Waals surface area contributed by atoms with E-state index < -0.39 is 0 Å². The largest absolute Gasteiger partial charge is 0.382 e. The normalized spacial score (nSPS) is 11.7. The van der Waals surface area contributed by atoms with Gasteiger partial charge < -0.3 is 16.0 Å². The maximum atomic E-state index is 5.97. The Morgan fingerprint density at radius 1 is 0.846 bits per heavy atom. The second kappa shape index (κ2) is 11.0. The smallest absolute Gasteiger partial charge is 0.224 e. The summed E-state index contributed by atoms with van der Waals surface area (Å²) in [5.74, 6) is 0.595. The van der Waals surface area contributed by atoms with Crippen LogP contribution in [0.4, 0.5) is 11.8 Å². The summed E-state index contributed by atoms with van der Waals surface area (Å²) in [7, 11) is 0. The Morgan fingerprint density at radius 3 is 2.00 bits per heavy atom. The van der Waals surface area contributed by atoms with Crippen LogP contribution in [-0.4, -0.2) is 19.5 Å². The molecule has 0 aliphatic rings. The summed E-state index contributed by atoms with van der Waals surface area (Å²) >= 11 is 0. The van der Waals surface area contributed by atoms with E-state index in [0.717, 1.165) is 18.5 Å². The Kier molecular flexibility index (Phi) is 8.65. The number of unbranched alkanes of at least 4 members (excludes halogenated alkanes) is 8. The molecule has 0 amide bonds. The average molecular weight is 361 g/mol. The highest BCUT2D eigenvalue weighted by Gasteiger charge is 2.17. The molecule has 6 heteroatoms. The van der Waals surface area contributed by atoms with E-state index in [4.69, 9.17) is 11.5 Å². The molecule has 0 aliphatic heterocycles. The van der Waals surface area contributed by atoms with Crippen molar-refractivity contribution in [3.8, 4) is 0 Å². The predicted octanol–water partition coefficient (Wildman–Crippen LogP) is 5.25. The third kappa shape index (κ3) is 5.85. The van der Waals surface area contributed by atoms with Crippen LogP contribution in [0, 0.1) is 0 Å². The molecule has 146 valence electrons. The molecule has 2 heterocycles. The highest BCUT2D eigenvalue weighted by Crippen LogP contribution is 2.28. The SMILES string of the molecule is CCCCCCCC(CCCCCCC)n1cnc2c(N)nc(N)nc21. The van der Waals surface area contributed by atoms with Crippen molar-refractivity contribution in [2.24, 2.45) is 0 Å². The lowest BCUT2D eigenvalue weighted by molar-refractivity contribution is 0.401. The summed E-state index contributed by atoms with van der Waals surface area (Å²) in [6.07, 6.45) is 17.1. The minimum Gasteiger partial charge on any atom is -0.382 e. The van der Waals surface area contributed by atoms with Crippen LogP contribution < -0.4 is 11.5 Å². The van der Waals surface area contributed by atoms with Crippen molar-refractivity contribution in [1.29, 1.82) is 0 Å². The van der Waals surface area contributed by atoms with Gasteiger partial charge in [0.05, 0.1) is 6.33 Å². The minimum absolute atomic E-state index is 0.224. The summed E-state index contributed by atoms with van der Waals surface area (Å²) < 4.78 is 2.18. The third-order valence-corrected chi connectivity index (χ3v) is 5.14. The first-order valence-corrected chi connectivity index (χ1v) is 10.4. The first-order valence-electron chi connectivity index (χ1n) is 10.4. The maximum absolute atomic E-state index is 5.97. The van der Waals surface area contributed by atoms with Gasteiger partial charge in [-0.3, -0.25) is 0 Å². The van der Waals surface area contributed by atoms with Gasteiger partial charge >= 0.3 is 0 Å². The van der Waals surface area contributed by atoms with Crippen molar-refractivity contribution in [2.45, 2.75) is 96.9 Å². The predicted molar refractivity (Wildman–Crippen MR) is 110 cm³/mol. The number of nitrogens with zero attached hydrogens (tertiary/aromatic N) is 4. The molecule has 4 N–H and O–H groups in total. The van der Waals surface area contributed by atoms with Crippen molar-refractivity contribution >= 4 is 22.9 Å². The first kappa shape index (κ1) is 20.5. The Bertz CT molecular complexity index is 637. The molecule has 0 saturated carbocycles. The van der Waals surface area contributed by atoms with Gasteiger partial charge in [-0.1, -0.05) is 78.1 Å². The molecule has 0 bridgehead atoms. The lowest BCUT2D eigenvalue weighted by Gasteiger charge is -2.19. The van der Waals surface area contributed by atoms with Crippen molar-refractivity contribution in [3.63, 3.8) is 0 Å². The molecule has 0 fully saturated rings. The molecule has 0 unspecified atom stereocenters. The summed E-state index contributed by atoms with van der Waals surface area (Å²) in [5.41, 5.74) is 13.2. The maximum Gasteiger partial charge on any atom is 0.224 e. The van der Waals surface area contributed by atoms with Crippen LogP contribution in [0.3, 0.4) is 0 Å². The van der Waals surface area contributed by atoms with Crippen LogP contribution in [0.15, 0.2) is 6.33 Å². The zero-order chi connectivity index (χ0) is 18.8. The highest BCUT2D eigenvalue weighted by atomic mass is 15.2. The second-order valence-corrected chi connectivity index (χ2v) is 7.35. The fourth-order valence-electron chi connectivity index (χ4n) is 3.61. The number of nitrogen functional groups attached to an aromatic ring is 2. The lowest BCUT2D eigenvalue weighted by atomic mass is 10.00. The van der Waals surface area contributed by atoms with E-state index in [0.29, 0.717) is 17.4 Å². The van der Waals surface area contributed by atoms with Crippen molar-refractivity contribution in [3.05, 3.63) is 6.33 Å². The Labute approximate surface area is 157 Å². The molecule has 2 rings (SSSR count). The average Bonchev–Trinajstić information content (AvgIpc) is 3.03. The number of anilines is 2. The van der Waals surface area contributed by atoms with E-state index in [1.807, 2.05) is 6.33 Å². The highest BCUT2D eigenvalue weighted by molar-refractivity contribution is 5.82. The number of aromatic nitrogens is 4. The van der Waals surface area contributed by atoms with Crippen LogP contribution in [-0.2, 0) is 0 Å². The van der Waals surface area contributed by atoms with Gasteiger partial charge in [0, 0.05) is 6.04 Å². The molecule has 0 saturated heterocycles. The van der Waals surface area contributed by atoms with Crippen molar-refractivity contribution in [1.82, 2.24) is 19.5 Å². The molecule has 26 heavy (non-hydrogen) atoms. The van der Waals surface area contributed by atoms with Crippen molar-refractivity contribution < 1.29 is 0 Å². The van der Waals surface area contributed by atoms with Crippen molar-refractivity contribution in [2.75, 3.05) is 11.5 Å². The molecular formula is C20H36N6. The number of hydrogen-bond donors (Lipinski definition) is 2. The molecule has 0 atom stereocenters. The minimum atomic E-state index is 0.224. The third-order valence-electron chi connectivity index (χ3n) is 5.14. The van der Waals surface area contributed by atoms with E-state index in [-0.39, 0.29) is 5.95 Å². The van der Waals surface area contributed by atoms with Gasteiger partial charge in [-0.15, -0.1) is 0 Å².